The molecule has 0 amide bonds. The largest absolute Gasteiger partial charge is 0.390 e. The smallest absolute Gasteiger partial charge is 0.269 e. The van der Waals surface area contributed by atoms with Crippen LogP contribution in [0.5, 0.6) is 0 Å². The van der Waals surface area contributed by atoms with Gasteiger partial charge in [0, 0.05) is 22.6 Å². The van der Waals surface area contributed by atoms with Gasteiger partial charge >= 0.3 is 0 Å². The lowest BCUT2D eigenvalue weighted by molar-refractivity contribution is -0.384. The average molecular weight is 288 g/mol. The van der Waals surface area contributed by atoms with Crippen LogP contribution in [-0.2, 0) is 12.8 Å². The molecule has 20 heavy (non-hydrogen) atoms. The van der Waals surface area contributed by atoms with Crippen molar-refractivity contribution in [2.45, 2.75) is 19.3 Å². The minimum atomic E-state index is -0.481. The van der Waals surface area contributed by atoms with Gasteiger partial charge in [0.15, 0.2) is 5.78 Å². The van der Waals surface area contributed by atoms with E-state index in [-0.39, 0.29) is 11.5 Å². The van der Waals surface area contributed by atoms with Gasteiger partial charge in [-0.05, 0) is 37.0 Å². The summed E-state index contributed by atoms with van der Waals surface area (Å²) >= 11 is 1.48. The molecule has 0 unspecified atom stereocenters. The van der Waals surface area contributed by atoms with Crippen LogP contribution in [0.15, 0.2) is 24.3 Å². The minimum absolute atomic E-state index is 0.0231. The Balaban J connectivity index is 1.99. The molecule has 0 aliphatic heterocycles. The molecule has 6 heteroatoms. The molecule has 2 N–H and O–H groups in total. The minimum Gasteiger partial charge on any atom is -0.390 e. The van der Waals surface area contributed by atoms with Gasteiger partial charge in [0.05, 0.1) is 15.5 Å². The molecule has 1 aromatic heterocycles. The van der Waals surface area contributed by atoms with Crippen LogP contribution in [0.2, 0.25) is 0 Å². The van der Waals surface area contributed by atoms with E-state index in [0.717, 1.165) is 24.8 Å². The fraction of sp³-hybridized carbons (Fsp3) is 0.214. The number of thiophene rings is 1. The monoisotopic (exact) mass is 288 g/mol. The van der Waals surface area contributed by atoms with Gasteiger partial charge in [-0.2, -0.15) is 0 Å². The van der Waals surface area contributed by atoms with Gasteiger partial charge in [-0.15, -0.1) is 11.3 Å². The van der Waals surface area contributed by atoms with Crippen molar-refractivity contribution >= 4 is 27.8 Å². The molecule has 2 aromatic rings. The highest BCUT2D eigenvalue weighted by Gasteiger charge is 2.26. The van der Waals surface area contributed by atoms with Crippen LogP contribution in [-0.4, -0.2) is 10.7 Å². The molecule has 1 aliphatic carbocycles. The number of nitrogens with two attached hydrogens (primary N) is 1. The van der Waals surface area contributed by atoms with E-state index < -0.39 is 4.92 Å². The van der Waals surface area contributed by atoms with E-state index in [2.05, 4.69) is 0 Å². The molecular formula is C14H12N2O3S. The second-order valence-corrected chi connectivity index (χ2v) is 5.87. The van der Waals surface area contributed by atoms with Gasteiger partial charge in [0.25, 0.3) is 5.69 Å². The average Bonchev–Trinajstić information content (AvgIpc) is 2.98. The van der Waals surface area contributed by atoms with Crippen LogP contribution in [0.1, 0.15) is 32.8 Å². The number of nitro groups is 1. The summed E-state index contributed by atoms with van der Waals surface area (Å²) in [5, 5.41) is 11.2. The maximum Gasteiger partial charge on any atom is 0.269 e. The van der Waals surface area contributed by atoms with E-state index in [4.69, 9.17) is 5.73 Å². The maximum atomic E-state index is 12.5. The summed E-state index contributed by atoms with van der Waals surface area (Å²) in [5.41, 5.74) is 8.03. The number of anilines is 1. The van der Waals surface area contributed by atoms with Crippen LogP contribution in [0, 0.1) is 10.1 Å². The number of non-ortho nitro benzene ring substituents is 1. The summed E-state index contributed by atoms with van der Waals surface area (Å²) in [6.07, 6.45) is 2.93. The van der Waals surface area contributed by atoms with Crippen LogP contribution in [0.25, 0.3) is 0 Å². The second kappa shape index (κ2) is 4.72. The number of nitro benzene ring substituents is 1. The van der Waals surface area contributed by atoms with Crippen LogP contribution < -0.4 is 5.73 Å². The highest BCUT2D eigenvalue weighted by Crippen LogP contribution is 2.38. The quantitative estimate of drug-likeness (QED) is 0.534. The molecule has 102 valence electrons. The first kappa shape index (κ1) is 12.8. The first-order chi connectivity index (χ1) is 9.58. The summed E-state index contributed by atoms with van der Waals surface area (Å²) in [6.45, 7) is 0. The number of hydrogen-bond acceptors (Lipinski definition) is 5. The molecule has 0 saturated heterocycles. The SMILES string of the molecule is Nc1sc2c(c1C(=O)c1ccc([N+](=O)[O-])cc1)CCC2. The third-order valence-electron chi connectivity index (χ3n) is 3.52. The fourth-order valence-electron chi connectivity index (χ4n) is 2.55. The highest BCUT2D eigenvalue weighted by molar-refractivity contribution is 7.16. The number of fused-ring (bicyclic) bond motifs is 1. The van der Waals surface area contributed by atoms with E-state index in [9.17, 15) is 14.9 Å². The fourth-order valence-corrected chi connectivity index (χ4v) is 3.71. The van der Waals surface area contributed by atoms with E-state index in [1.165, 1.54) is 40.5 Å². The molecule has 0 saturated carbocycles. The van der Waals surface area contributed by atoms with Gasteiger partial charge in [0.2, 0.25) is 0 Å². The molecule has 5 nitrogen and oxygen atoms in total. The van der Waals surface area contributed by atoms with Crippen molar-refractivity contribution in [2.24, 2.45) is 0 Å². The molecule has 1 aliphatic rings. The van der Waals surface area contributed by atoms with Crippen molar-refractivity contribution in [3.05, 3.63) is 55.9 Å². The van der Waals surface area contributed by atoms with E-state index in [1.54, 1.807) is 0 Å². The number of benzene rings is 1. The predicted octanol–water partition coefficient (Wildman–Crippen LogP) is 2.96. The van der Waals surface area contributed by atoms with Gasteiger partial charge in [0.1, 0.15) is 0 Å². The van der Waals surface area contributed by atoms with Crippen LogP contribution >= 0.6 is 11.3 Å². The zero-order chi connectivity index (χ0) is 14.3. The molecule has 1 aromatic carbocycles. The normalized spacial score (nSPS) is 13.2. The molecule has 0 bridgehead atoms. The van der Waals surface area contributed by atoms with E-state index in [1.807, 2.05) is 0 Å². The van der Waals surface area contributed by atoms with Gasteiger partial charge in [-0.25, -0.2) is 0 Å². The third-order valence-corrected chi connectivity index (χ3v) is 4.64. The summed E-state index contributed by atoms with van der Waals surface area (Å²) < 4.78 is 0. The first-order valence-electron chi connectivity index (χ1n) is 6.27. The molecule has 1 heterocycles. The number of carbonyl (C=O) groups is 1. The van der Waals surface area contributed by atoms with Crippen molar-refractivity contribution < 1.29 is 9.72 Å². The Hall–Kier alpha value is -2.21. The molecule has 3 rings (SSSR count). The zero-order valence-corrected chi connectivity index (χ0v) is 11.4. The Morgan fingerprint density at radius 2 is 1.95 bits per heavy atom. The molecule has 0 atom stereocenters. The standard InChI is InChI=1S/C14H12N2O3S/c15-14-12(10-2-1-3-11(10)20-14)13(17)8-4-6-9(7-5-8)16(18)19/h4-7H,1-3,15H2. The Morgan fingerprint density at radius 1 is 1.25 bits per heavy atom. The van der Waals surface area contributed by atoms with Crippen molar-refractivity contribution in [2.75, 3.05) is 5.73 Å². The Morgan fingerprint density at radius 3 is 2.60 bits per heavy atom. The second-order valence-electron chi connectivity index (χ2n) is 4.73. The Kier molecular flexibility index (Phi) is 3.02. The molecule has 0 radical (unpaired) electrons. The van der Waals surface area contributed by atoms with Gasteiger partial charge in [-0.3, -0.25) is 14.9 Å². The predicted molar refractivity (Wildman–Crippen MR) is 77.3 cm³/mol. The van der Waals surface area contributed by atoms with Crippen LogP contribution in [0.3, 0.4) is 0 Å². The number of nitrogen functional groups attached to an aromatic ring is 1. The van der Waals surface area contributed by atoms with Crippen molar-refractivity contribution in [3.63, 3.8) is 0 Å². The number of hydrogen-bond donors (Lipinski definition) is 1. The first-order valence-corrected chi connectivity index (χ1v) is 7.08. The van der Waals surface area contributed by atoms with Gasteiger partial charge < -0.3 is 5.73 Å². The number of rotatable bonds is 3. The number of carbonyl (C=O) groups excluding carboxylic acids is 1. The lowest BCUT2D eigenvalue weighted by atomic mass is 10.0. The van der Waals surface area contributed by atoms with Crippen LogP contribution in [0.4, 0.5) is 10.7 Å². The van der Waals surface area contributed by atoms with Crippen molar-refractivity contribution in [1.29, 1.82) is 0 Å². The summed E-state index contributed by atoms with van der Waals surface area (Å²) in [4.78, 5) is 23.9. The molecule has 0 spiro atoms. The summed E-state index contributed by atoms with van der Waals surface area (Å²) in [5.74, 6) is -0.142. The number of aryl methyl sites for hydroxylation is 1. The Labute approximate surface area is 119 Å². The lowest BCUT2D eigenvalue weighted by Gasteiger charge is -2.03. The lowest BCUT2D eigenvalue weighted by Crippen LogP contribution is -2.05. The maximum absolute atomic E-state index is 12.5. The molecule has 0 fully saturated rings. The topological polar surface area (TPSA) is 86.2 Å². The number of ketones is 1. The van der Waals surface area contributed by atoms with E-state index in [0.29, 0.717) is 16.1 Å². The van der Waals surface area contributed by atoms with Crippen molar-refractivity contribution in [3.8, 4) is 0 Å². The Bertz CT molecular complexity index is 704. The zero-order valence-electron chi connectivity index (χ0n) is 10.6. The van der Waals surface area contributed by atoms with Gasteiger partial charge in [-0.1, -0.05) is 0 Å². The molecular weight excluding hydrogens is 276 g/mol. The number of nitrogens with zero attached hydrogens (tertiary/aromatic N) is 1. The van der Waals surface area contributed by atoms with Crippen molar-refractivity contribution in [1.82, 2.24) is 0 Å². The summed E-state index contributed by atoms with van der Waals surface area (Å²) in [7, 11) is 0. The third kappa shape index (κ3) is 1.98. The highest BCUT2D eigenvalue weighted by atomic mass is 32.1. The van der Waals surface area contributed by atoms with E-state index >= 15 is 0 Å². The summed E-state index contributed by atoms with van der Waals surface area (Å²) in [6, 6.07) is 5.66.